The van der Waals surface area contributed by atoms with Gasteiger partial charge in [0.2, 0.25) is 11.7 Å². The number of hydrogen-bond donors (Lipinski definition) is 2. The van der Waals surface area contributed by atoms with Crippen LogP contribution >= 0.6 is 0 Å². The Morgan fingerprint density at radius 3 is 2.46 bits per heavy atom. The molecule has 0 spiro atoms. The second kappa shape index (κ2) is 9.67. The molecule has 1 amide bonds. The molecule has 1 aliphatic heterocycles. The SMILES string of the molecule is CC1=C(O)C(=O)C=C2C1=CC=C1[C@@]2(C)CC[C@@]2(C)[C@@H]3C[C@](C)(C(=O)NCCN4CCOCC4)CC[C@]3(C)CC[C@]12C. The predicted molar refractivity (Wildman–Crippen MR) is 161 cm³/mol. The Morgan fingerprint density at radius 1 is 1.02 bits per heavy atom. The number of carbonyl (C=O) groups excluding carboxylic acids is 2. The quantitative estimate of drug-likeness (QED) is 0.435. The summed E-state index contributed by atoms with van der Waals surface area (Å²) in [7, 11) is 0. The standard InChI is InChI=1S/C35H50N2O4/c1-23-24-7-8-27-33(4,25(24)21-26(38)29(23)39)12-14-35(6)28-22-32(3,10-9-31(28,2)11-13-34(27,35)5)30(40)36-15-16-37-17-19-41-20-18-37/h7-8,21,28,39H,9-20,22H2,1-6H3,(H,36,40)/t28-,31-,32-,33+,34-,35+/m1/s1. The highest BCUT2D eigenvalue weighted by Crippen LogP contribution is 2.75. The van der Waals surface area contributed by atoms with Crippen LogP contribution in [0.25, 0.3) is 0 Å². The van der Waals surface area contributed by atoms with Crippen molar-refractivity contribution in [2.45, 2.75) is 86.5 Å². The van der Waals surface area contributed by atoms with Crippen LogP contribution in [0, 0.1) is 33.0 Å². The van der Waals surface area contributed by atoms with Gasteiger partial charge in [0.1, 0.15) is 0 Å². The lowest BCUT2D eigenvalue weighted by Crippen LogP contribution is -2.62. The first-order chi connectivity index (χ1) is 19.3. The van der Waals surface area contributed by atoms with Crippen LogP contribution in [-0.4, -0.2) is 61.1 Å². The summed E-state index contributed by atoms with van der Waals surface area (Å²) in [4.78, 5) is 28.9. The number of hydrogen-bond acceptors (Lipinski definition) is 5. The molecule has 6 heteroatoms. The summed E-state index contributed by atoms with van der Waals surface area (Å²) in [5.74, 6) is 0.280. The number of morpholine rings is 1. The maximum Gasteiger partial charge on any atom is 0.225 e. The van der Waals surface area contributed by atoms with Crippen molar-refractivity contribution in [3.63, 3.8) is 0 Å². The molecule has 6 rings (SSSR count). The zero-order chi connectivity index (χ0) is 29.4. The molecule has 0 bridgehead atoms. The zero-order valence-electron chi connectivity index (χ0n) is 26.1. The van der Waals surface area contributed by atoms with E-state index in [0.29, 0.717) is 18.0 Å². The van der Waals surface area contributed by atoms with Gasteiger partial charge in [-0.3, -0.25) is 14.5 Å². The Morgan fingerprint density at radius 2 is 1.73 bits per heavy atom. The third-order valence-electron chi connectivity index (χ3n) is 13.2. The smallest absolute Gasteiger partial charge is 0.225 e. The van der Waals surface area contributed by atoms with Gasteiger partial charge >= 0.3 is 0 Å². The fourth-order valence-corrected chi connectivity index (χ4v) is 10.0. The number of ether oxygens (including phenoxy) is 1. The average Bonchev–Trinajstić information content (AvgIpc) is 2.95. The van der Waals surface area contributed by atoms with Crippen LogP contribution in [0.2, 0.25) is 0 Å². The van der Waals surface area contributed by atoms with Crippen molar-refractivity contribution in [1.82, 2.24) is 10.2 Å². The van der Waals surface area contributed by atoms with Gasteiger partial charge in [0.25, 0.3) is 0 Å². The van der Waals surface area contributed by atoms with Crippen LogP contribution in [0.1, 0.15) is 86.5 Å². The molecular weight excluding hydrogens is 512 g/mol. The second-order valence-corrected chi connectivity index (χ2v) is 15.3. The number of aliphatic hydroxyl groups excluding tert-OH is 1. The third kappa shape index (κ3) is 4.17. The largest absolute Gasteiger partial charge is 0.504 e. The monoisotopic (exact) mass is 562 g/mol. The van der Waals surface area contributed by atoms with Crippen LogP contribution in [0.15, 0.2) is 46.3 Å². The molecule has 3 saturated carbocycles. The van der Waals surface area contributed by atoms with E-state index < -0.39 is 0 Å². The van der Waals surface area contributed by atoms with Gasteiger partial charge in [0.15, 0.2) is 5.76 Å². The van der Waals surface area contributed by atoms with Crippen molar-refractivity contribution >= 4 is 11.7 Å². The predicted octanol–water partition coefficient (Wildman–Crippen LogP) is 6.06. The summed E-state index contributed by atoms with van der Waals surface area (Å²) in [6.45, 7) is 18.9. The summed E-state index contributed by atoms with van der Waals surface area (Å²) in [6.07, 6.45) is 13.5. The minimum Gasteiger partial charge on any atom is -0.504 e. The fraction of sp³-hybridized carbons (Fsp3) is 0.714. The second-order valence-electron chi connectivity index (χ2n) is 15.3. The third-order valence-corrected chi connectivity index (χ3v) is 13.2. The van der Waals surface area contributed by atoms with Crippen molar-refractivity contribution < 1.29 is 19.4 Å². The van der Waals surface area contributed by atoms with E-state index in [9.17, 15) is 14.7 Å². The number of rotatable bonds is 4. The highest BCUT2D eigenvalue weighted by molar-refractivity contribution is 6.06. The van der Waals surface area contributed by atoms with Crippen molar-refractivity contribution in [1.29, 1.82) is 0 Å². The molecule has 1 saturated heterocycles. The Balaban J connectivity index is 1.28. The Kier molecular flexibility index (Phi) is 6.82. The van der Waals surface area contributed by atoms with E-state index in [1.165, 1.54) is 12.0 Å². The normalized spacial score (nSPS) is 42.6. The highest BCUT2D eigenvalue weighted by atomic mass is 16.5. The summed E-state index contributed by atoms with van der Waals surface area (Å²) < 4.78 is 5.47. The van der Waals surface area contributed by atoms with Crippen LogP contribution in [0.5, 0.6) is 0 Å². The van der Waals surface area contributed by atoms with Gasteiger partial charge in [-0.25, -0.2) is 0 Å². The first-order valence-corrected chi connectivity index (χ1v) is 16.0. The Hall–Kier alpha value is -2.18. The lowest BCUT2D eigenvalue weighted by molar-refractivity contribution is -0.169. The van der Waals surface area contributed by atoms with Gasteiger partial charge in [0.05, 0.1) is 13.2 Å². The van der Waals surface area contributed by atoms with Gasteiger partial charge < -0.3 is 15.2 Å². The average molecular weight is 563 g/mol. The summed E-state index contributed by atoms with van der Waals surface area (Å²) >= 11 is 0. The first-order valence-electron chi connectivity index (χ1n) is 16.0. The summed E-state index contributed by atoms with van der Waals surface area (Å²) in [5, 5.41) is 13.7. The molecule has 6 atom stereocenters. The van der Waals surface area contributed by atoms with Crippen molar-refractivity contribution in [2.75, 3.05) is 39.4 Å². The molecule has 5 aliphatic carbocycles. The maximum atomic E-state index is 13.8. The van der Waals surface area contributed by atoms with E-state index in [4.69, 9.17) is 4.74 Å². The van der Waals surface area contributed by atoms with Gasteiger partial charge in [-0.05, 0) is 91.3 Å². The summed E-state index contributed by atoms with van der Waals surface area (Å²) in [6, 6.07) is 0. The number of ketones is 1. The fourth-order valence-electron chi connectivity index (χ4n) is 10.0. The topological polar surface area (TPSA) is 78.9 Å². The number of fused-ring (bicyclic) bond motifs is 7. The van der Waals surface area contributed by atoms with Crippen LogP contribution in [0.3, 0.4) is 0 Å². The van der Waals surface area contributed by atoms with Crippen molar-refractivity contribution in [3.8, 4) is 0 Å². The van der Waals surface area contributed by atoms with Crippen LogP contribution in [-0.2, 0) is 14.3 Å². The molecule has 41 heavy (non-hydrogen) atoms. The van der Waals surface area contributed by atoms with Gasteiger partial charge in [0, 0.05) is 42.6 Å². The van der Waals surface area contributed by atoms with E-state index >= 15 is 0 Å². The Bertz CT molecular complexity index is 1290. The zero-order valence-corrected chi connectivity index (χ0v) is 26.1. The highest BCUT2D eigenvalue weighted by Gasteiger charge is 2.67. The van der Waals surface area contributed by atoms with E-state index in [-0.39, 0.29) is 44.5 Å². The molecule has 224 valence electrons. The molecule has 0 unspecified atom stereocenters. The molecule has 0 aromatic heterocycles. The lowest BCUT2D eigenvalue weighted by atomic mass is 9.34. The lowest BCUT2D eigenvalue weighted by Gasteiger charge is -2.70. The number of aliphatic hydroxyl groups is 1. The number of amides is 1. The molecule has 6 nitrogen and oxygen atoms in total. The number of nitrogens with one attached hydrogen (secondary N) is 1. The maximum absolute atomic E-state index is 13.8. The number of carbonyl (C=O) groups is 2. The van der Waals surface area contributed by atoms with E-state index in [2.05, 4.69) is 57.0 Å². The van der Waals surface area contributed by atoms with Crippen molar-refractivity contribution in [3.05, 3.63) is 46.3 Å². The van der Waals surface area contributed by atoms with Gasteiger partial charge in [-0.15, -0.1) is 0 Å². The molecule has 0 aromatic carbocycles. The van der Waals surface area contributed by atoms with Gasteiger partial charge in [-0.1, -0.05) is 52.3 Å². The number of allylic oxidation sites excluding steroid dienone is 7. The van der Waals surface area contributed by atoms with E-state index in [0.717, 1.165) is 82.5 Å². The minimum absolute atomic E-state index is 0.0295. The van der Waals surface area contributed by atoms with Crippen LogP contribution in [0.4, 0.5) is 0 Å². The molecule has 0 aromatic rings. The van der Waals surface area contributed by atoms with Crippen LogP contribution < -0.4 is 5.32 Å². The van der Waals surface area contributed by atoms with Gasteiger partial charge in [-0.2, -0.15) is 0 Å². The first kappa shape index (κ1) is 28.9. The molecule has 6 aliphatic rings. The van der Waals surface area contributed by atoms with E-state index in [1.54, 1.807) is 6.08 Å². The Labute approximate surface area is 246 Å². The summed E-state index contributed by atoms with van der Waals surface area (Å²) in [5.41, 5.74) is 3.91. The number of nitrogens with zero attached hydrogens (tertiary/aromatic N) is 1. The molecule has 2 N–H and O–H groups in total. The molecule has 4 fully saturated rings. The van der Waals surface area contributed by atoms with E-state index in [1.807, 2.05) is 6.92 Å². The van der Waals surface area contributed by atoms with Crippen molar-refractivity contribution in [2.24, 2.45) is 33.0 Å². The molecule has 1 heterocycles. The minimum atomic E-state index is -0.358. The molecular formula is C35H50N2O4. The molecule has 0 radical (unpaired) electrons.